The molecule has 1 aliphatic rings. The number of likely N-dealkylation sites (N-methyl/N-ethyl adjacent to an activating group) is 6. The van der Waals surface area contributed by atoms with Crippen molar-refractivity contribution < 1.29 is 72.5 Å². The Bertz CT molecular complexity index is 3140. The third kappa shape index (κ3) is 27.3. The SMILES string of the molecule is COc1cc(C[C@H](NC(=O)[C@H](CC(C)C)N(C)C(=O)CN(C)C(=O)[C@@H](NC(=O)[C@H](CC(C)C)N(C)C(=O)[C@H](CC(C)C)NC=O)[C@@H](C)O)C(=O)N(C)[C@@H](CC(C)C)C(=O)N(C)[C@@H](CC(C)C)C(=O)N[C@H](CC(=O)N[C@@H](C(=O)N(C)[C@H](C)Cc2ccccc2)C(C)C)C(=O)N2CCCCC2)ccc1O. The van der Waals surface area contributed by atoms with E-state index in [2.05, 4.69) is 26.6 Å². The number of phenols is 1. The molecule has 0 saturated carbocycles. The van der Waals surface area contributed by atoms with Crippen molar-refractivity contribution in [3.05, 3.63) is 59.7 Å². The summed E-state index contributed by atoms with van der Waals surface area (Å²) in [6.45, 7) is 25.5. The van der Waals surface area contributed by atoms with Crippen molar-refractivity contribution in [3.8, 4) is 11.5 Å². The number of ether oxygens (including phenoxy) is 1. The highest BCUT2D eigenvalue weighted by molar-refractivity contribution is 5.99. The van der Waals surface area contributed by atoms with Gasteiger partial charge in [-0.15, -0.1) is 0 Å². The number of aliphatic hydroxyl groups excluding tert-OH is 1. The number of hydrogen-bond acceptors (Lipinski definition) is 15. The van der Waals surface area contributed by atoms with Gasteiger partial charge >= 0.3 is 0 Å². The second kappa shape index (κ2) is 42.4. The second-order valence-electron chi connectivity index (χ2n) is 30.5. The Hall–Kier alpha value is -8.36. The fraction of sp³-hybridized carbons (Fsp3) is 0.684. The lowest BCUT2D eigenvalue weighted by Gasteiger charge is -2.38. The van der Waals surface area contributed by atoms with Crippen LogP contribution in [0.3, 0.4) is 0 Å². The molecule has 578 valence electrons. The largest absolute Gasteiger partial charge is 0.504 e. The van der Waals surface area contributed by atoms with Crippen LogP contribution in [0.25, 0.3) is 0 Å². The number of carbonyl (C=O) groups excluding carboxylic acids is 12. The summed E-state index contributed by atoms with van der Waals surface area (Å²) in [4.78, 5) is 181. The van der Waals surface area contributed by atoms with Crippen molar-refractivity contribution in [1.82, 2.24) is 60.9 Å². The first-order valence-corrected chi connectivity index (χ1v) is 36.5. The summed E-state index contributed by atoms with van der Waals surface area (Å²) in [7, 11) is 9.95. The van der Waals surface area contributed by atoms with Crippen LogP contribution < -0.4 is 31.3 Å². The van der Waals surface area contributed by atoms with Crippen molar-refractivity contribution in [1.29, 1.82) is 0 Å². The van der Waals surface area contributed by atoms with E-state index >= 15 is 19.2 Å². The van der Waals surface area contributed by atoms with Gasteiger partial charge in [0.1, 0.15) is 54.4 Å². The van der Waals surface area contributed by atoms with Crippen molar-refractivity contribution in [2.24, 2.45) is 35.5 Å². The van der Waals surface area contributed by atoms with E-state index < -0.39 is 133 Å². The topological polar surface area (TPSA) is 337 Å². The smallest absolute Gasteiger partial charge is 0.248 e. The third-order valence-corrected chi connectivity index (χ3v) is 18.9. The van der Waals surface area contributed by atoms with Crippen LogP contribution in [0.15, 0.2) is 48.5 Å². The normalized spacial score (nSPS) is 15.6. The predicted octanol–water partition coefficient (Wildman–Crippen LogP) is 4.52. The number of methoxy groups -OCH3 is 1. The number of hydrogen-bond donors (Lipinski definition) is 7. The number of nitrogens with zero attached hydrogens (tertiary/aromatic N) is 7. The van der Waals surface area contributed by atoms with E-state index in [4.69, 9.17) is 4.74 Å². The van der Waals surface area contributed by atoms with Gasteiger partial charge in [0.05, 0.1) is 26.2 Å². The molecule has 0 radical (unpaired) electrons. The Morgan fingerprint density at radius 2 is 0.981 bits per heavy atom. The van der Waals surface area contributed by atoms with Crippen LogP contribution in [0.5, 0.6) is 11.5 Å². The highest BCUT2D eigenvalue weighted by atomic mass is 16.5. The van der Waals surface area contributed by atoms with Gasteiger partial charge in [0, 0.05) is 67.8 Å². The van der Waals surface area contributed by atoms with E-state index in [1.54, 1.807) is 16.8 Å². The zero-order chi connectivity index (χ0) is 78.0. The monoisotopic (exact) mass is 1440 g/mol. The maximum atomic E-state index is 15.5. The lowest BCUT2D eigenvalue weighted by molar-refractivity contribution is -0.150. The van der Waals surface area contributed by atoms with Gasteiger partial charge in [-0.25, -0.2) is 0 Å². The van der Waals surface area contributed by atoms with Crippen LogP contribution in [0.2, 0.25) is 0 Å². The van der Waals surface area contributed by atoms with Gasteiger partial charge in [0.2, 0.25) is 71.4 Å². The Morgan fingerprint density at radius 1 is 0.505 bits per heavy atom. The fourth-order valence-corrected chi connectivity index (χ4v) is 12.8. The van der Waals surface area contributed by atoms with E-state index in [1.165, 1.54) is 82.2 Å². The van der Waals surface area contributed by atoms with Crippen molar-refractivity contribution >= 4 is 71.4 Å². The Kier molecular flexibility index (Phi) is 36.6. The van der Waals surface area contributed by atoms with E-state index in [0.717, 1.165) is 21.8 Å². The molecule has 12 amide bonds. The molecule has 0 unspecified atom stereocenters. The van der Waals surface area contributed by atoms with Crippen LogP contribution in [0.1, 0.15) is 166 Å². The van der Waals surface area contributed by atoms with Crippen molar-refractivity contribution in [2.45, 2.75) is 234 Å². The minimum absolute atomic E-state index is 0.00662. The second-order valence-corrected chi connectivity index (χ2v) is 30.5. The molecule has 27 nitrogen and oxygen atoms in total. The van der Waals surface area contributed by atoms with E-state index in [-0.39, 0.29) is 97.5 Å². The summed E-state index contributed by atoms with van der Waals surface area (Å²) in [5, 5.41) is 35.4. The molecule has 1 heterocycles. The van der Waals surface area contributed by atoms with Crippen LogP contribution in [-0.4, -0.2) is 251 Å². The van der Waals surface area contributed by atoms with E-state index in [1.807, 2.05) is 120 Å². The van der Waals surface area contributed by atoms with Gasteiger partial charge in [0.15, 0.2) is 11.5 Å². The molecule has 0 aromatic heterocycles. The molecule has 0 bridgehead atoms. The first-order valence-electron chi connectivity index (χ1n) is 36.5. The van der Waals surface area contributed by atoms with Gasteiger partial charge in [-0.3, -0.25) is 57.5 Å². The summed E-state index contributed by atoms with van der Waals surface area (Å²) in [6.07, 6.45) is 1.69. The van der Waals surface area contributed by atoms with Gasteiger partial charge in [-0.2, -0.15) is 0 Å². The number of piperidine rings is 1. The number of rotatable bonds is 41. The summed E-state index contributed by atoms with van der Waals surface area (Å²) in [5.74, 6) is -8.61. The minimum Gasteiger partial charge on any atom is -0.504 e. The lowest BCUT2D eigenvalue weighted by atomic mass is 9.96. The molecule has 1 saturated heterocycles. The first kappa shape index (κ1) is 88.9. The maximum Gasteiger partial charge on any atom is 0.248 e. The standard InChI is InChI=1S/C76H124N12O15/c1-45(2)34-55(77-44-89)71(97)85(18)60(37-48(7)8)70(96)81-67(52(14)90)75(101)82(15)43-65(93)84(17)58(35-46(3)4)68(94)78-56(40-54-30-31-62(91)63(41-54)103-21)72(98)87(20)61(38-49(9)10)74(100)86(19)59(36-47(5)6)69(95)79-57(73(99)88-32-26-23-27-33-88)42-64(92)80-66(50(11)12)76(102)83(16)51(13)39-53-28-24-22-25-29-53/h22,24-25,28-31,41,44-52,55-61,66-67,90-91H,23,26-27,32-40,42-43H2,1-21H3,(H,77,89)(H,78,94)(H,79,95)(H,80,92)(H,81,96)/t51-,52-,55+,56+,57-,58+,59+,60+,61+,66-,67+/m1/s1. The van der Waals surface area contributed by atoms with Crippen LogP contribution in [0.4, 0.5) is 0 Å². The molecule has 2 aromatic rings. The zero-order valence-electron chi connectivity index (χ0n) is 65.2. The van der Waals surface area contributed by atoms with Crippen molar-refractivity contribution in [2.75, 3.05) is 69.0 Å². The molecule has 3 rings (SSSR count). The Labute approximate surface area is 612 Å². The molecule has 2 aromatic carbocycles. The molecule has 7 N–H and O–H groups in total. The number of likely N-dealkylation sites (tertiary alicyclic amines) is 1. The van der Waals surface area contributed by atoms with E-state index in [0.29, 0.717) is 44.3 Å². The summed E-state index contributed by atoms with van der Waals surface area (Å²) in [5.41, 5.74) is 1.45. The van der Waals surface area contributed by atoms with Crippen LogP contribution in [0, 0.1) is 35.5 Å². The van der Waals surface area contributed by atoms with Gasteiger partial charge in [-0.1, -0.05) is 119 Å². The third-order valence-electron chi connectivity index (χ3n) is 18.9. The van der Waals surface area contributed by atoms with Crippen LogP contribution in [-0.2, 0) is 70.4 Å². The Balaban J connectivity index is 2.04. The maximum absolute atomic E-state index is 15.5. The van der Waals surface area contributed by atoms with Gasteiger partial charge in [-0.05, 0) is 130 Å². The number of phenolic OH excluding ortho intramolecular Hbond substituents is 1. The van der Waals surface area contributed by atoms with Crippen LogP contribution >= 0.6 is 0 Å². The number of aliphatic hydroxyl groups is 1. The molecule has 11 atom stereocenters. The molecule has 1 fully saturated rings. The van der Waals surface area contributed by atoms with E-state index in [9.17, 15) is 48.6 Å². The summed E-state index contributed by atoms with van der Waals surface area (Å²) < 4.78 is 5.41. The van der Waals surface area contributed by atoms with Gasteiger partial charge in [0.25, 0.3) is 0 Å². The number of nitrogens with one attached hydrogen (secondary N) is 5. The molecule has 1 aliphatic heterocycles. The predicted molar refractivity (Wildman–Crippen MR) is 394 cm³/mol. The zero-order valence-corrected chi connectivity index (χ0v) is 65.2. The molecule has 103 heavy (non-hydrogen) atoms. The van der Waals surface area contributed by atoms with Crippen molar-refractivity contribution in [3.63, 3.8) is 0 Å². The molecule has 0 spiro atoms. The molecule has 0 aliphatic carbocycles. The Morgan fingerprint density at radius 3 is 1.48 bits per heavy atom. The molecular weight excluding hydrogens is 1320 g/mol. The highest BCUT2D eigenvalue weighted by Gasteiger charge is 2.43. The summed E-state index contributed by atoms with van der Waals surface area (Å²) >= 11 is 0. The highest BCUT2D eigenvalue weighted by Crippen LogP contribution is 2.28. The fourth-order valence-electron chi connectivity index (χ4n) is 12.8. The molecule has 27 heteroatoms. The number of aromatic hydroxyl groups is 1. The number of amides is 12. The number of benzene rings is 2. The minimum atomic E-state index is -1.61. The first-order chi connectivity index (χ1) is 48.2. The average Bonchev–Trinajstić information content (AvgIpc) is 0.799. The summed E-state index contributed by atoms with van der Waals surface area (Å²) in [6, 6.07) is 2.52. The molecular formula is C76H124N12O15. The number of carbonyl (C=O) groups is 12. The lowest BCUT2D eigenvalue weighted by Crippen LogP contribution is -2.61. The van der Waals surface area contributed by atoms with Gasteiger partial charge < -0.3 is 75.8 Å². The quantitative estimate of drug-likeness (QED) is 0.0450. The average molecular weight is 1450 g/mol.